The zero-order valence-corrected chi connectivity index (χ0v) is 19.2. The van der Waals surface area contributed by atoms with E-state index in [4.69, 9.17) is 9.57 Å². The number of anilines is 1. The van der Waals surface area contributed by atoms with Crippen molar-refractivity contribution < 1.29 is 22.8 Å². The molecule has 0 atom stereocenters. The topological polar surface area (TPSA) is 97.8 Å². The molecule has 10 heteroatoms. The van der Waals surface area contributed by atoms with Crippen LogP contribution in [-0.2, 0) is 14.9 Å². The van der Waals surface area contributed by atoms with Gasteiger partial charge in [-0.2, -0.15) is 0 Å². The van der Waals surface area contributed by atoms with Crippen LogP contribution in [-0.4, -0.2) is 44.5 Å². The van der Waals surface area contributed by atoms with Crippen molar-refractivity contribution in [1.82, 2.24) is 9.45 Å². The first kappa shape index (κ1) is 22.9. The van der Waals surface area contributed by atoms with Gasteiger partial charge in [-0.15, -0.1) is 11.3 Å². The highest BCUT2D eigenvalue weighted by atomic mass is 32.2. The van der Waals surface area contributed by atoms with E-state index in [1.807, 2.05) is 38.1 Å². The number of carbonyl (C=O) groups excluding carboxylic acids is 1. The molecule has 0 bridgehead atoms. The molecule has 0 aliphatic carbocycles. The number of sulfonamides is 1. The van der Waals surface area contributed by atoms with E-state index >= 15 is 0 Å². The number of nitrogens with one attached hydrogen (secondary N) is 1. The van der Waals surface area contributed by atoms with E-state index in [1.165, 1.54) is 49.8 Å². The summed E-state index contributed by atoms with van der Waals surface area (Å²) in [7, 11) is -1.21. The number of benzene rings is 2. The first-order chi connectivity index (χ1) is 14.8. The molecule has 1 N–H and O–H groups in total. The fourth-order valence-corrected chi connectivity index (χ4v) is 4.59. The highest BCUT2D eigenvalue weighted by molar-refractivity contribution is 7.89. The lowest BCUT2D eigenvalue weighted by atomic mass is 10.1. The Kier molecular flexibility index (Phi) is 7.06. The number of aromatic nitrogens is 1. The van der Waals surface area contributed by atoms with Crippen molar-refractivity contribution in [3.8, 4) is 17.0 Å². The van der Waals surface area contributed by atoms with Crippen LogP contribution >= 0.6 is 11.3 Å². The maximum absolute atomic E-state index is 12.6. The minimum Gasteiger partial charge on any atom is -0.494 e. The van der Waals surface area contributed by atoms with Crippen molar-refractivity contribution in [2.45, 2.75) is 18.7 Å². The number of nitrogens with zero attached hydrogens (tertiary/aromatic N) is 2. The van der Waals surface area contributed by atoms with Gasteiger partial charge in [-0.05, 0) is 62.4 Å². The summed E-state index contributed by atoms with van der Waals surface area (Å²) in [6, 6.07) is 13.2. The number of ether oxygens (including phenoxy) is 1. The lowest BCUT2D eigenvalue weighted by molar-refractivity contribution is -0.0258. The van der Waals surface area contributed by atoms with Crippen LogP contribution in [0.25, 0.3) is 11.3 Å². The molecule has 3 aromatic rings. The molecule has 8 nitrogen and oxygen atoms in total. The molecule has 0 aliphatic heterocycles. The van der Waals surface area contributed by atoms with E-state index in [0.29, 0.717) is 17.3 Å². The van der Waals surface area contributed by atoms with Crippen molar-refractivity contribution in [3.63, 3.8) is 0 Å². The smallest absolute Gasteiger partial charge is 0.264 e. The van der Waals surface area contributed by atoms with Crippen LogP contribution in [0.4, 0.5) is 5.13 Å². The maximum Gasteiger partial charge on any atom is 0.264 e. The van der Waals surface area contributed by atoms with Gasteiger partial charge in [0, 0.05) is 23.1 Å². The molecule has 0 saturated carbocycles. The summed E-state index contributed by atoms with van der Waals surface area (Å²) in [6.07, 6.45) is 0. The Morgan fingerprint density at radius 1 is 1.13 bits per heavy atom. The molecule has 1 amide bonds. The predicted molar refractivity (Wildman–Crippen MR) is 120 cm³/mol. The van der Waals surface area contributed by atoms with Gasteiger partial charge in [0.05, 0.1) is 24.3 Å². The number of aryl methyl sites for hydroxylation is 1. The van der Waals surface area contributed by atoms with Gasteiger partial charge in [0.1, 0.15) is 5.75 Å². The zero-order chi connectivity index (χ0) is 22.6. The Balaban J connectivity index is 1.75. The standard InChI is InChI=1S/C21H23N3O5S2/c1-5-29-17-10-6-15(7-11-17)19-14(2)30-21(22-19)23-20(25)16-8-12-18(13-9-16)31(26,27)24(3)28-4/h6-13H,5H2,1-4H3,(H,22,23,25). The Bertz CT molecular complexity index is 1160. The highest BCUT2D eigenvalue weighted by Crippen LogP contribution is 2.31. The lowest BCUT2D eigenvalue weighted by Crippen LogP contribution is -2.25. The second-order valence-corrected chi connectivity index (χ2v) is 9.60. The number of thiazole rings is 1. The molecule has 0 aliphatic rings. The van der Waals surface area contributed by atoms with Crippen molar-refractivity contribution in [1.29, 1.82) is 0 Å². The summed E-state index contributed by atoms with van der Waals surface area (Å²) < 4.78 is 30.7. The van der Waals surface area contributed by atoms with Crippen LogP contribution in [0.15, 0.2) is 53.4 Å². The van der Waals surface area contributed by atoms with Gasteiger partial charge >= 0.3 is 0 Å². The molecule has 0 unspecified atom stereocenters. The number of rotatable bonds is 8. The number of hydrogen-bond donors (Lipinski definition) is 1. The third-order valence-corrected chi connectivity index (χ3v) is 7.05. The molecular formula is C21H23N3O5S2. The Morgan fingerprint density at radius 2 is 1.77 bits per heavy atom. The summed E-state index contributed by atoms with van der Waals surface area (Å²) >= 11 is 1.37. The summed E-state index contributed by atoms with van der Waals surface area (Å²) in [5, 5.41) is 3.23. The molecule has 0 fully saturated rings. The highest BCUT2D eigenvalue weighted by Gasteiger charge is 2.21. The van der Waals surface area contributed by atoms with E-state index in [0.717, 1.165) is 26.4 Å². The van der Waals surface area contributed by atoms with Gasteiger partial charge in [0.25, 0.3) is 15.9 Å². The molecule has 0 radical (unpaired) electrons. The molecule has 31 heavy (non-hydrogen) atoms. The van der Waals surface area contributed by atoms with Gasteiger partial charge in [0.15, 0.2) is 5.13 Å². The third-order valence-electron chi connectivity index (χ3n) is 4.47. The molecule has 1 aromatic heterocycles. The predicted octanol–water partition coefficient (Wildman–Crippen LogP) is 3.95. The fourth-order valence-electron chi connectivity index (χ4n) is 2.79. The lowest BCUT2D eigenvalue weighted by Gasteiger charge is -2.14. The van der Waals surface area contributed by atoms with Crippen LogP contribution in [0.1, 0.15) is 22.2 Å². The average Bonchev–Trinajstić information content (AvgIpc) is 3.13. The van der Waals surface area contributed by atoms with Crippen LogP contribution in [0.3, 0.4) is 0 Å². The second-order valence-electron chi connectivity index (χ2n) is 6.46. The van der Waals surface area contributed by atoms with Crippen molar-refractivity contribution in [2.75, 3.05) is 26.1 Å². The normalized spacial score (nSPS) is 11.5. The Morgan fingerprint density at radius 3 is 2.35 bits per heavy atom. The van der Waals surface area contributed by atoms with E-state index in [-0.39, 0.29) is 10.8 Å². The fraction of sp³-hybridized carbons (Fsp3) is 0.238. The summed E-state index contributed by atoms with van der Waals surface area (Å²) in [5.41, 5.74) is 2.02. The molecule has 3 rings (SSSR count). The Hall–Kier alpha value is -2.79. The monoisotopic (exact) mass is 461 g/mol. The average molecular weight is 462 g/mol. The first-order valence-corrected chi connectivity index (χ1v) is 11.7. The number of hydroxylamine groups is 1. The first-order valence-electron chi connectivity index (χ1n) is 9.41. The number of amides is 1. The second kappa shape index (κ2) is 9.56. The molecular weight excluding hydrogens is 438 g/mol. The SMILES string of the molecule is CCOc1ccc(-c2nc(NC(=O)c3ccc(S(=O)(=O)N(C)OC)cc3)sc2C)cc1. The molecule has 2 aromatic carbocycles. The van der Waals surface area contributed by atoms with Crippen LogP contribution in [0.5, 0.6) is 5.75 Å². The van der Waals surface area contributed by atoms with Gasteiger partial charge in [0.2, 0.25) is 0 Å². The Labute approximate surface area is 185 Å². The quantitative estimate of drug-likeness (QED) is 0.510. The minimum absolute atomic E-state index is 0.0243. The van der Waals surface area contributed by atoms with Crippen LogP contribution in [0.2, 0.25) is 0 Å². The van der Waals surface area contributed by atoms with Gasteiger partial charge < -0.3 is 4.74 Å². The number of carbonyl (C=O) groups is 1. The summed E-state index contributed by atoms with van der Waals surface area (Å²) in [6.45, 7) is 4.46. The van der Waals surface area contributed by atoms with E-state index in [1.54, 1.807) is 0 Å². The maximum atomic E-state index is 12.6. The zero-order valence-electron chi connectivity index (χ0n) is 17.6. The largest absolute Gasteiger partial charge is 0.494 e. The van der Waals surface area contributed by atoms with E-state index in [9.17, 15) is 13.2 Å². The number of hydrogen-bond acceptors (Lipinski definition) is 7. The van der Waals surface area contributed by atoms with Crippen LogP contribution in [0, 0.1) is 6.92 Å². The minimum atomic E-state index is -3.77. The molecule has 0 saturated heterocycles. The van der Waals surface area contributed by atoms with Crippen molar-refractivity contribution in [2.24, 2.45) is 0 Å². The van der Waals surface area contributed by atoms with Gasteiger partial charge in [-0.3, -0.25) is 14.9 Å². The molecule has 1 heterocycles. The third kappa shape index (κ3) is 5.10. The van der Waals surface area contributed by atoms with E-state index < -0.39 is 10.0 Å². The molecule has 164 valence electrons. The van der Waals surface area contributed by atoms with Gasteiger partial charge in [-0.1, -0.05) is 4.47 Å². The van der Waals surface area contributed by atoms with Crippen LogP contribution < -0.4 is 10.1 Å². The molecule has 0 spiro atoms. The van der Waals surface area contributed by atoms with Crippen molar-refractivity contribution >= 4 is 32.4 Å². The summed E-state index contributed by atoms with van der Waals surface area (Å²) in [4.78, 5) is 22.9. The summed E-state index contributed by atoms with van der Waals surface area (Å²) in [5.74, 6) is 0.408. The van der Waals surface area contributed by atoms with E-state index in [2.05, 4.69) is 10.3 Å². The van der Waals surface area contributed by atoms with Crippen molar-refractivity contribution in [3.05, 3.63) is 59.0 Å². The van der Waals surface area contributed by atoms with Gasteiger partial charge in [-0.25, -0.2) is 13.4 Å².